The molecule has 0 aliphatic carbocycles. The van der Waals surface area contributed by atoms with Gasteiger partial charge in [-0.05, 0) is 17.7 Å². The third-order valence-electron chi connectivity index (χ3n) is 2.10. The average molecular weight is 212 g/mol. The fourth-order valence-electron chi connectivity index (χ4n) is 1.37. The maximum Gasteiger partial charge on any atom is 0.157 e. The minimum Gasteiger partial charge on any atom is -0.504 e. The smallest absolute Gasteiger partial charge is 0.157 e. The lowest BCUT2D eigenvalue weighted by Gasteiger charge is -2.26. The van der Waals surface area contributed by atoms with E-state index in [0.717, 1.165) is 0 Å². The molecule has 0 amide bonds. The first-order valence-electron chi connectivity index (χ1n) is 4.80. The Morgan fingerprint density at radius 2 is 1.73 bits per heavy atom. The maximum absolute atomic E-state index is 9.86. The summed E-state index contributed by atoms with van der Waals surface area (Å²) in [6.07, 6.45) is -0.642. The predicted molar refractivity (Wildman–Crippen MR) is 57.6 cm³/mol. The SMILES string of the molecule is C[N+](C)(C)C[C@@H](O)c1ccc(O)c(O)c1. The number of hydrogen-bond acceptors (Lipinski definition) is 3. The van der Waals surface area contributed by atoms with Crippen molar-refractivity contribution in [3.63, 3.8) is 0 Å². The quantitative estimate of drug-likeness (QED) is 0.514. The van der Waals surface area contributed by atoms with E-state index in [1.54, 1.807) is 6.07 Å². The first-order chi connectivity index (χ1) is 6.79. The molecule has 1 aromatic rings. The lowest BCUT2D eigenvalue weighted by molar-refractivity contribution is -0.874. The molecular weight excluding hydrogens is 194 g/mol. The van der Waals surface area contributed by atoms with Crippen molar-refractivity contribution in [2.75, 3.05) is 27.7 Å². The Labute approximate surface area is 89.6 Å². The molecular formula is C11H18NO3+. The highest BCUT2D eigenvalue weighted by atomic mass is 16.3. The second-order valence-electron chi connectivity index (χ2n) is 4.74. The summed E-state index contributed by atoms with van der Waals surface area (Å²) in [6.45, 7) is 0.546. The highest BCUT2D eigenvalue weighted by molar-refractivity contribution is 5.41. The molecule has 0 aliphatic heterocycles. The molecule has 0 fully saturated rings. The van der Waals surface area contributed by atoms with Gasteiger partial charge in [0.2, 0.25) is 0 Å². The van der Waals surface area contributed by atoms with Crippen LogP contribution >= 0.6 is 0 Å². The van der Waals surface area contributed by atoms with E-state index in [-0.39, 0.29) is 11.5 Å². The molecule has 4 nitrogen and oxygen atoms in total. The molecule has 0 heterocycles. The third kappa shape index (κ3) is 3.42. The summed E-state index contributed by atoms with van der Waals surface area (Å²) < 4.78 is 0.628. The summed E-state index contributed by atoms with van der Waals surface area (Å²) in [6, 6.07) is 4.37. The summed E-state index contributed by atoms with van der Waals surface area (Å²) in [5.41, 5.74) is 0.610. The molecule has 0 radical (unpaired) electrons. The minimum atomic E-state index is -0.642. The molecule has 0 aliphatic rings. The Morgan fingerprint density at radius 1 is 1.13 bits per heavy atom. The molecule has 0 aromatic heterocycles. The topological polar surface area (TPSA) is 60.7 Å². The van der Waals surface area contributed by atoms with Crippen LogP contribution in [0.15, 0.2) is 18.2 Å². The van der Waals surface area contributed by atoms with E-state index in [2.05, 4.69) is 0 Å². The number of phenols is 2. The zero-order valence-electron chi connectivity index (χ0n) is 9.31. The molecule has 0 bridgehead atoms. The largest absolute Gasteiger partial charge is 0.504 e. The molecule has 4 heteroatoms. The Balaban J connectivity index is 2.83. The van der Waals surface area contributed by atoms with E-state index in [0.29, 0.717) is 16.6 Å². The number of likely N-dealkylation sites (N-methyl/N-ethyl adjacent to an activating group) is 1. The monoisotopic (exact) mass is 212 g/mol. The third-order valence-corrected chi connectivity index (χ3v) is 2.10. The first kappa shape index (κ1) is 11.8. The van der Waals surface area contributed by atoms with Crippen LogP contribution in [-0.2, 0) is 0 Å². The van der Waals surface area contributed by atoms with Crippen molar-refractivity contribution >= 4 is 0 Å². The number of hydrogen-bond donors (Lipinski definition) is 3. The van der Waals surface area contributed by atoms with Gasteiger partial charge in [-0.2, -0.15) is 0 Å². The zero-order valence-corrected chi connectivity index (χ0v) is 9.31. The summed E-state index contributed by atoms with van der Waals surface area (Å²) in [7, 11) is 5.93. The summed E-state index contributed by atoms with van der Waals surface area (Å²) >= 11 is 0. The van der Waals surface area contributed by atoms with Gasteiger partial charge in [-0.25, -0.2) is 0 Å². The van der Waals surface area contributed by atoms with Crippen molar-refractivity contribution in [1.29, 1.82) is 0 Å². The van der Waals surface area contributed by atoms with E-state index >= 15 is 0 Å². The standard InChI is InChI=1S/C11H17NO3/c1-12(2,3)7-11(15)8-4-5-9(13)10(14)6-8/h4-6,11,15H,7H2,1-3H3,(H-,13,14)/p+1/t11-/m1/s1. The molecule has 1 aromatic carbocycles. The van der Waals surface area contributed by atoms with Gasteiger partial charge in [0.1, 0.15) is 12.6 Å². The van der Waals surface area contributed by atoms with Gasteiger partial charge in [0.05, 0.1) is 21.1 Å². The fourth-order valence-corrected chi connectivity index (χ4v) is 1.37. The van der Waals surface area contributed by atoms with Crippen LogP contribution in [0.2, 0.25) is 0 Å². The van der Waals surface area contributed by atoms with Gasteiger partial charge in [-0.15, -0.1) is 0 Å². The zero-order chi connectivity index (χ0) is 11.6. The molecule has 0 saturated heterocycles. The van der Waals surface area contributed by atoms with Crippen LogP contribution in [0.5, 0.6) is 11.5 Å². The van der Waals surface area contributed by atoms with Gasteiger partial charge in [0, 0.05) is 0 Å². The lowest BCUT2D eigenvalue weighted by atomic mass is 10.1. The molecule has 84 valence electrons. The number of aromatic hydroxyl groups is 2. The Kier molecular flexibility index (Phi) is 3.21. The van der Waals surface area contributed by atoms with Crippen molar-refractivity contribution in [2.45, 2.75) is 6.10 Å². The van der Waals surface area contributed by atoms with Crippen LogP contribution in [0.1, 0.15) is 11.7 Å². The number of nitrogens with zero attached hydrogens (tertiary/aromatic N) is 1. The molecule has 0 unspecified atom stereocenters. The number of quaternary nitrogens is 1. The van der Waals surface area contributed by atoms with Crippen LogP contribution in [0.3, 0.4) is 0 Å². The molecule has 1 atom stereocenters. The van der Waals surface area contributed by atoms with Crippen molar-refractivity contribution in [2.24, 2.45) is 0 Å². The van der Waals surface area contributed by atoms with Crippen molar-refractivity contribution in [3.05, 3.63) is 23.8 Å². The van der Waals surface area contributed by atoms with Crippen LogP contribution in [0, 0.1) is 0 Å². The van der Waals surface area contributed by atoms with E-state index in [1.807, 2.05) is 21.1 Å². The number of rotatable bonds is 3. The lowest BCUT2D eigenvalue weighted by Crippen LogP contribution is -2.38. The van der Waals surface area contributed by atoms with Gasteiger partial charge < -0.3 is 19.8 Å². The second-order valence-corrected chi connectivity index (χ2v) is 4.74. The fraction of sp³-hybridized carbons (Fsp3) is 0.455. The summed E-state index contributed by atoms with van der Waals surface area (Å²) in [4.78, 5) is 0. The normalized spacial score (nSPS) is 13.9. The first-order valence-corrected chi connectivity index (χ1v) is 4.80. The van der Waals surface area contributed by atoms with E-state index in [1.165, 1.54) is 12.1 Å². The van der Waals surface area contributed by atoms with Crippen LogP contribution < -0.4 is 0 Å². The Morgan fingerprint density at radius 3 is 2.20 bits per heavy atom. The minimum absolute atomic E-state index is 0.170. The van der Waals surface area contributed by atoms with Gasteiger partial charge in [-0.3, -0.25) is 0 Å². The van der Waals surface area contributed by atoms with Gasteiger partial charge in [0.15, 0.2) is 11.5 Å². The van der Waals surface area contributed by atoms with Crippen molar-refractivity contribution in [1.82, 2.24) is 0 Å². The molecule has 0 saturated carbocycles. The highest BCUT2D eigenvalue weighted by Crippen LogP contribution is 2.28. The number of aliphatic hydroxyl groups is 1. The molecule has 1 rings (SSSR count). The van der Waals surface area contributed by atoms with Gasteiger partial charge in [-0.1, -0.05) is 6.07 Å². The van der Waals surface area contributed by atoms with Crippen molar-refractivity contribution < 1.29 is 19.8 Å². The number of aliphatic hydroxyl groups excluding tert-OH is 1. The Bertz CT molecular complexity index is 344. The summed E-state index contributed by atoms with van der Waals surface area (Å²) in [5.74, 6) is -0.371. The maximum atomic E-state index is 9.86. The summed E-state index contributed by atoms with van der Waals surface area (Å²) in [5, 5.41) is 28.3. The van der Waals surface area contributed by atoms with E-state index in [9.17, 15) is 10.2 Å². The number of benzene rings is 1. The van der Waals surface area contributed by atoms with Crippen molar-refractivity contribution in [3.8, 4) is 11.5 Å². The number of phenolic OH excluding ortho intramolecular Hbond substituents is 2. The van der Waals surface area contributed by atoms with E-state index < -0.39 is 6.10 Å². The average Bonchev–Trinajstić information content (AvgIpc) is 2.06. The Hall–Kier alpha value is -1.26. The molecule has 0 spiro atoms. The van der Waals surface area contributed by atoms with Crippen LogP contribution in [0.25, 0.3) is 0 Å². The van der Waals surface area contributed by atoms with Crippen LogP contribution in [-0.4, -0.2) is 47.5 Å². The second kappa shape index (κ2) is 4.08. The molecule has 15 heavy (non-hydrogen) atoms. The predicted octanol–water partition coefficient (Wildman–Crippen LogP) is 0.837. The van der Waals surface area contributed by atoms with Gasteiger partial charge in [0.25, 0.3) is 0 Å². The van der Waals surface area contributed by atoms with E-state index in [4.69, 9.17) is 5.11 Å². The highest BCUT2D eigenvalue weighted by Gasteiger charge is 2.18. The van der Waals surface area contributed by atoms with Gasteiger partial charge >= 0.3 is 0 Å². The molecule has 3 N–H and O–H groups in total. The van der Waals surface area contributed by atoms with Crippen LogP contribution in [0.4, 0.5) is 0 Å².